The molecule has 1 atom stereocenters. The van der Waals surface area contributed by atoms with E-state index in [0.29, 0.717) is 5.92 Å². The lowest BCUT2D eigenvalue weighted by atomic mass is 9.77. The van der Waals surface area contributed by atoms with E-state index >= 15 is 0 Å². The summed E-state index contributed by atoms with van der Waals surface area (Å²) in [6, 6.07) is 6.40. The molecular formula is C15H21NO2. The number of ether oxygens (including phenoxy) is 2. The van der Waals surface area contributed by atoms with Crippen molar-refractivity contribution in [3.63, 3.8) is 0 Å². The van der Waals surface area contributed by atoms with E-state index in [9.17, 15) is 0 Å². The SMILES string of the molecule is COc1ccc2c(c1)C(C1CCOCC1)CCN2. The fourth-order valence-electron chi connectivity index (χ4n) is 3.26. The van der Waals surface area contributed by atoms with Gasteiger partial charge in [-0.25, -0.2) is 0 Å². The molecule has 1 unspecified atom stereocenters. The molecule has 3 nitrogen and oxygen atoms in total. The van der Waals surface area contributed by atoms with Crippen LogP contribution in [-0.2, 0) is 4.74 Å². The van der Waals surface area contributed by atoms with Gasteiger partial charge in [0.1, 0.15) is 5.75 Å². The molecule has 0 saturated carbocycles. The number of nitrogens with one attached hydrogen (secondary N) is 1. The normalized spacial score (nSPS) is 24.2. The largest absolute Gasteiger partial charge is 0.497 e. The van der Waals surface area contributed by atoms with Gasteiger partial charge in [0.25, 0.3) is 0 Å². The Morgan fingerprint density at radius 1 is 1.22 bits per heavy atom. The summed E-state index contributed by atoms with van der Waals surface area (Å²) in [4.78, 5) is 0. The van der Waals surface area contributed by atoms with Crippen LogP contribution in [0, 0.1) is 5.92 Å². The lowest BCUT2D eigenvalue weighted by Gasteiger charge is -2.35. The summed E-state index contributed by atoms with van der Waals surface area (Å²) < 4.78 is 10.8. The number of methoxy groups -OCH3 is 1. The smallest absolute Gasteiger partial charge is 0.119 e. The molecule has 2 aliphatic heterocycles. The first kappa shape index (κ1) is 11.8. The molecule has 1 N–H and O–H groups in total. The average Bonchev–Trinajstić information content (AvgIpc) is 2.47. The molecule has 1 fully saturated rings. The monoisotopic (exact) mass is 247 g/mol. The Labute approximate surface area is 108 Å². The maximum atomic E-state index is 5.48. The molecule has 2 aliphatic rings. The Morgan fingerprint density at radius 2 is 2.06 bits per heavy atom. The molecule has 0 spiro atoms. The third-order valence-corrected chi connectivity index (χ3v) is 4.26. The van der Waals surface area contributed by atoms with Crippen molar-refractivity contribution < 1.29 is 9.47 Å². The molecule has 3 heteroatoms. The molecule has 3 rings (SSSR count). The van der Waals surface area contributed by atoms with Crippen molar-refractivity contribution in [2.45, 2.75) is 25.2 Å². The summed E-state index contributed by atoms with van der Waals surface area (Å²) >= 11 is 0. The number of fused-ring (bicyclic) bond motifs is 1. The van der Waals surface area contributed by atoms with Gasteiger partial charge < -0.3 is 14.8 Å². The van der Waals surface area contributed by atoms with E-state index < -0.39 is 0 Å². The number of hydrogen-bond donors (Lipinski definition) is 1. The molecular weight excluding hydrogens is 226 g/mol. The summed E-state index contributed by atoms with van der Waals surface area (Å²) in [6.45, 7) is 2.93. The summed E-state index contributed by atoms with van der Waals surface area (Å²) in [7, 11) is 1.74. The second-order valence-corrected chi connectivity index (χ2v) is 5.22. The van der Waals surface area contributed by atoms with E-state index in [2.05, 4.69) is 17.4 Å². The van der Waals surface area contributed by atoms with Crippen LogP contribution in [0.1, 0.15) is 30.7 Å². The van der Waals surface area contributed by atoms with Crippen molar-refractivity contribution in [1.82, 2.24) is 0 Å². The minimum atomic E-state index is 0.667. The predicted molar refractivity (Wildman–Crippen MR) is 72.4 cm³/mol. The molecule has 0 bridgehead atoms. The van der Waals surface area contributed by atoms with Gasteiger partial charge in [0.2, 0.25) is 0 Å². The average molecular weight is 247 g/mol. The van der Waals surface area contributed by atoms with E-state index in [1.807, 2.05) is 6.07 Å². The first-order chi connectivity index (χ1) is 8.88. The van der Waals surface area contributed by atoms with Crippen LogP contribution in [0.2, 0.25) is 0 Å². The Balaban J connectivity index is 1.89. The highest BCUT2D eigenvalue weighted by Crippen LogP contribution is 2.41. The minimum Gasteiger partial charge on any atom is -0.497 e. The Hall–Kier alpha value is -1.22. The fourth-order valence-corrected chi connectivity index (χ4v) is 3.26. The van der Waals surface area contributed by atoms with Crippen molar-refractivity contribution >= 4 is 5.69 Å². The van der Waals surface area contributed by atoms with Gasteiger partial charge in [0.05, 0.1) is 7.11 Å². The Kier molecular flexibility index (Phi) is 3.41. The number of benzene rings is 1. The maximum Gasteiger partial charge on any atom is 0.119 e. The summed E-state index contributed by atoms with van der Waals surface area (Å²) in [5.41, 5.74) is 2.73. The van der Waals surface area contributed by atoms with Gasteiger partial charge in [-0.05, 0) is 54.9 Å². The number of hydrogen-bond acceptors (Lipinski definition) is 3. The lowest BCUT2D eigenvalue weighted by Crippen LogP contribution is -2.27. The molecule has 18 heavy (non-hydrogen) atoms. The van der Waals surface area contributed by atoms with Gasteiger partial charge in [-0.2, -0.15) is 0 Å². The second-order valence-electron chi connectivity index (χ2n) is 5.22. The Morgan fingerprint density at radius 3 is 2.83 bits per heavy atom. The highest BCUT2D eigenvalue weighted by atomic mass is 16.5. The first-order valence-corrected chi connectivity index (χ1v) is 6.88. The number of anilines is 1. The van der Waals surface area contributed by atoms with Gasteiger partial charge >= 0.3 is 0 Å². The van der Waals surface area contributed by atoms with Gasteiger partial charge in [-0.3, -0.25) is 0 Å². The molecule has 0 amide bonds. The summed E-state index contributed by atoms with van der Waals surface area (Å²) in [6.07, 6.45) is 3.62. The van der Waals surface area contributed by atoms with Crippen molar-refractivity contribution in [3.05, 3.63) is 23.8 Å². The molecule has 1 saturated heterocycles. The zero-order chi connectivity index (χ0) is 12.4. The van der Waals surface area contributed by atoms with Crippen LogP contribution in [0.15, 0.2) is 18.2 Å². The van der Waals surface area contributed by atoms with Crippen LogP contribution in [0.3, 0.4) is 0 Å². The fraction of sp³-hybridized carbons (Fsp3) is 0.600. The van der Waals surface area contributed by atoms with Crippen LogP contribution in [0.25, 0.3) is 0 Å². The third-order valence-electron chi connectivity index (χ3n) is 4.26. The molecule has 1 aromatic rings. The molecule has 0 radical (unpaired) electrons. The highest BCUT2D eigenvalue weighted by molar-refractivity contribution is 5.57. The van der Waals surface area contributed by atoms with Crippen molar-refractivity contribution in [1.29, 1.82) is 0 Å². The lowest BCUT2D eigenvalue weighted by molar-refractivity contribution is 0.0568. The Bertz CT molecular complexity index is 413. The van der Waals surface area contributed by atoms with E-state index in [-0.39, 0.29) is 0 Å². The van der Waals surface area contributed by atoms with Gasteiger partial charge in [0.15, 0.2) is 0 Å². The van der Waals surface area contributed by atoms with Crippen LogP contribution in [0.5, 0.6) is 5.75 Å². The van der Waals surface area contributed by atoms with Crippen LogP contribution in [-0.4, -0.2) is 26.9 Å². The zero-order valence-electron chi connectivity index (χ0n) is 10.9. The highest BCUT2D eigenvalue weighted by Gasteiger charge is 2.29. The zero-order valence-corrected chi connectivity index (χ0v) is 10.9. The van der Waals surface area contributed by atoms with E-state index in [0.717, 1.165) is 31.4 Å². The van der Waals surface area contributed by atoms with Crippen molar-refractivity contribution in [2.24, 2.45) is 5.92 Å². The molecule has 0 aromatic heterocycles. The topological polar surface area (TPSA) is 30.5 Å². The maximum absolute atomic E-state index is 5.48. The first-order valence-electron chi connectivity index (χ1n) is 6.88. The molecule has 2 heterocycles. The number of rotatable bonds is 2. The minimum absolute atomic E-state index is 0.667. The third kappa shape index (κ3) is 2.19. The summed E-state index contributed by atoms with van der Waals surface area (Å²) in [5.74, 6) is 2.40. The summed E-state index contributed by atoms with van der Waals surface area (Å²) in [5, 5.41) is 3.50. The van der Waals surface area contributed by atoms with Gasteiger partial charge in [-0.15, -0.1) is 0 Å². The quantitative estimate of drug-likeness (QED) is 0.871. The van der Waals surface area contributed by atoms with Crippen molar-refractivity contribution in [3.8, 4) is 5.75 Å². The van der Waals surface area contributed by atoms with Crippen molar-refractivity contribution in [2.75, 3.05) is 32.2 Å². The van der Waals surface area contributed by atoms with Crippen LogP contribution in [0.4, 0.5) is 5.69 Å². The van der Waals surface area contributed by atoms with E-state index in [1.54, 1.807) is 7.11 Å². The van der Waals surface area contributed by atoms with Gasteiger partial charge in [0, 0.05) is 25.4 Å². The van der Waals surface area contributed by atoms with Crippen LogP contribution >= 0.6 is 0 Å². The standard InChI is InChI=1S/C15H21NO2/c1-17-12-2-3-15-14(10-12)13(4-7-16-15)11-5-8-18-9-6-11/h2-3,10-11,13,16H,4-9H2,1H3. The van der Waals surface area contributed by atoms with E-state index in [1.165, 1.54) is 30.5 Å². The van der Waals surface area contributed by atoms with E-state index in [4.69, 9.17) is 9.47 Å². The molecule has 0 aliphatic carbocycles. The predicted octanol–water partition coefficient (Wildman–Crippen LogP) is 3.02. The van der Waals surface area contributed by atoms with Gasteiger partial charge in [-0.1, -0.05) is 0 Å². The molecule has 1 aromatic carbocycles. The molecule has 98 valence electrons. The van der Waals surface area contributed by atoms with Crippen LogP contribution < -0.4 is 10.1 Å². The second kappa shape index (κ2) is 5.19.